The number of benzene rings is 1. The highest BCUT2D eigenvalue weighted by atomic mass is 32.2. The molecular weight excluding hydrogens is 210 g/mol. The molecule has 0 radical (unpaired) electrons. The van der Waals surface area contributed by atoms with Gasteiger partial charge in [0, 0.05) is 14.1 Å². The zero-order valence-electron chi connectivity index (χ0n) is 9.40. The summed E-state index contributed by atoms with van der Waals surface area (Å²) in [5.41, 5.74) is 1.07. The maximum absolute atomic E-state index is 11.8. The van der Waals surface area contributed by atoms with Crippen LogP contribution >= 0.6 is 0 Å². The maximum atomic E-state index is 11.8. The molecule has 0 saturated carbocycles. The summed E-state index contributed by atoms with van der Waals surface area (Å²) >= 11 is 0. The van der Waals surface area contributed by atoms with Crippen LogP contribution in [-0.4, -0.2) is 26.8 Å². The van der Waals surface area contributed by atoms with Crippen LogP contribution in [0.15, 0.2) is 29.2 Å². The first-order valence-electron chi connectivity index (χ1n) is 5.00. The molecule has 0 fully saturated rings. The van der Waals surface area contributed by atoms with Crippen LogP contribution in [0.2, 0.25) is 0 Å². The van der Waals surface area contributed by atoms with Gasteiger partial charge in [0.25, 0.3) is 0 Å². The molecule has 1 aromatic carbocycles. The zero-order valence-corrected chi connectivity index (χ0v) is 10.2. The first-order chi connectivity index (χ1) is 6.98. The Bertz CT molecular complexity index is 424. The van der Waals surface area contributed by atoms with Crippen LogP contribution < -0.4 is 0 Å². The van der Waals surface area contributed by atoms with Crippen LogP contribution in [0.5, 0.6) is 0 Å². The molecule has 0 aromatic heterocycles. The molecule has 15 heavy (non-hydrogen) atoms. The number of aryl methyl sites for hydroxylation is 1. The second kappa shape index (κ2) is 4.77. The molecule has 0 unspecified atom stereocenters. The number of sulfonamides is 1. The minimum absolute atomic E-state index is 0.374. The van der Waals surface area contributed by atoms with Crippen LogP contribution in [0.1, 0.15) is 18.9 Å². The smallest absolute Gasteiger partial charge is 0.207 e. The van der Waals surface area contributed by atoms with Crippen LogP contribution in [0.3, 0.4) is 0 Å². The fourth-order valence-corrected chi connectivity index (χ4v) is 2.33. The highest BCUT2D eigenvalue weighted by molar-refractivity contribution is 7.89. The Morgan fingerprint density at radius 3 is 2.47 bits per heavy atom. The van der Waals surface area contributed by atoms with E-state index in [2.05, 4.69) is 6.92 Å². The van der Waals surface area contributed by atoms with Gasteiger partial charge >= 0.3 is 0 Å². The predicted octanol–water partition coefficient (Wildman–Crippen LogP) is 1.89. The van der Waals surface area contributed by atoms with Gasteiger partial charge < -0.3 is 0 Å². The fraction of sp³-hybridized carbons (Fsp3) is 0.455. The summed E-state index contributed by atoms with van der Waals surface area (Å²) in [5.74, 6) is 0. The molecule has 0 aliphatic carbocycles. The van der Waals surface area contributed by atoms with Crippen molar-refractivity contribution in [3.05, 3.63) is 29.8 Å². The zero-order chi connectivity index (χ0) is 11.5. The monoisotopic (exact) mass is 227 g/mol. The summed E-state index contributed by atoms with van der Waals surface area (Å²) in [6.45, 7) is 2.08. The highest BCUT2D eigenvalue weighted by Gasteiger charge is 2.16. The average Bonchev–Trinajstić information content (AvgIpc) is 2.18. The van der Waals surface area contributed by atoms with Gasteiger partial charge in [0.1, 0.15) is 0 Å². The van der Waals surface area contributed by atoms with Crippen molar-refractivity contribution < 1.29 is 8.42 Å². The van der Waals surface area contributed by atoms with Crippen molar-refractivity contribution in [3.63, 3.8) is 0 Å². The molecule has 0 aliphatic heterocycles. The van der Waals surface area contributed by atoms with Gasteiger partial charge in [-0.25, -0.2) is 12.7 Å². The Morgan fingerprint density at radius 1 is 1.27 bits per heavy atom. The fourth-order valence-electron chi connectivity index (χ4n) is 1.36. The Labute approximate surface area is 91.8 Å². The third kappa shape index (κ3) is 2.79. The number of hydrogen-bond acceptors (Lipinski definition) is 2. The van der Waals surface area contributed by atoms with Gasteiger partial charge in [-0.1, -0.05) is 25.5 Å². The van der Waals surface area contributed by atoms with Crippen molar-refractivity contribution in [2.45, 2.75) is 24.7 Å². The molecule has 3 nitrogen and oxygen atoms in total. The van der Waals surface area contributed by atoms with Gasteiger partial charge in [0.15, 0.2) is 0 Å². The van der Waals surface area contributed by atoms with Crippen LogP contribution in [0, 0.1) is 0 Å². The van der Waals surface area contributed by atoms with E-state index < -0.39 is 10.0 Å². The largest absolute Gasteiger partial charge is 0.242 e. The second-order valence-electron chi connectivity index (χ2n) is 3.68. The molecule has 0 bridgehead atoms. The van der Waals surface area contributed by atoms with Gasteiger partial charge in [-0.05, 0) is 24.1 Å². The van der Waals surface area contributed by atoms with Crippen molar-refractivity contribution in [1.29, 1.82) is 0 Å². The molecule has 0 saturated heterocycles. The van der Waals surface area contributed by atoms with Gasteiger partial charge in [-0.3, -0.25) is 0 Å². The van der Waals surface area contributed by atoms with E-state index in [1.165, 1.54) is 4.31 Å². The van der Waals surface area contributed by atoms with Crippen molar-refractivity contribution in [2.24, 2.45) is 0 Å². The minimum Gasteiger partial charge on any atom is -0.207 e. The summed E-state index contributed by atoms with van der Waals surface area (Å²) in [7, 11) is -0.197. The molecule has 0 spiro atoms. The van der Waals surface area contributed by atoms with Crippen LogP contribution in [0.25, 0.3) is 0 Å². The number of rotatable bonds is 4. The van der Waals surface area contributed by atoms with Crippen LogP contribution in [-0.2, 0) is 16.4 Å². The van der Waals surface area contributed by atoms with Crippen molar-refractivity contribution >= 4 is 10.0 Å². The van der Waals surface area contributed by atoms with Gasteiger partial charge in [0.2, 0.25) is 10.0 Å². The highest BCUT2D eigenvalue weighted by Crippen LogP contribution is 2.15. The Hall–Kier alpha value is -0.870. The Balaban J connectivity index is 3.11. The second-order valence-corrected chi connectivity index (χ2v) is 5.84. The van der Waals surface area contributed by atoms with Gasteiger partial charge in [-0.15, -0.1) is 0 Å². The number of nitrogens with zero attached hydrogens (tertiary/aromatic N) is 1. The van der Waals surface area contributed by atoms with E-state index in [9.17, 15) is 8.42 Å². The average molecular weight is 227 g/mol. The third-order valence-electron chi connectivity index (χ3n) is 2.22. The standard InChI is InChI=1S/C11H17NO2S/c1-4-6-10-7-5-8-11(9-10)15(13,14)12(2)3/h5,7-9H,4,6H2,1-3H3. The number of hydrogen-bond donors (Lipinski definition) is 0. The molecule has 0 aliphatic rings. The quantitative estimate of drug-likeness (QED) is 0.787. The normalized spacial score (nSPS) is 12.0. The molecule has 0 N–H and O–H groups in total. The van der Waals surface area contributed by atoms with Gasteiger partial charge in [-0.2, -0.15) is 0 Å². The Morgan fingerprint density at radius 2 is 1.93 bits per heavy atom. The molecule has 84 valence electrons. The SMILES string of the molecule is CCCc1cccc(S(=O)(=O)N(C)C)c1. The molecular formula is C11H17NO2S. The van der Waals surface area contributed by atoms with Crippen molar-refractivity contribution in [2.75, 3.05) is 14.1 Å². The lowest BCUT2D eigenvalue weighted by molar-refractivity contribution is 0.520. The molecule has 1 rings (SSSR count). The van der Waals surface area contributed by atoms with E-state index in [0.717, 1.165) is 18.4 Å². The van der Waals surface area contributed by atoms with E-state index in [4.69, 9.17) is 0 Å². The summed E-state index contributed by atoms with van der Waals surface area (Å²) in [6, 6.07) is 7.13. The lowest BCUT2D eigenvalue weighted by Crippen LogP contribution is -2.22. The molecule has 0 atom stereocenters. The summed E-state index contributed by atoms with van der Waals surface area (Å²) in [4.78, 5) is 0.374. The van der Waals surface area contributed by atoms with Gasteiger partial charge in [0.05, 0.1) is 4.90 Å². The van der Waals surface area contributed by atoms with E-state index >= 15 is 0 Å². The van der Waals surface area contributed by atoms with Crippen molar-refractivity contribution in [1.82, 2.24) is 4.31 Å². The maximum Gasteiger partial charge on any atom is 0.242 e. The first kappa shape index (κ1) is 12.2. The Kier molecular flexibility index (Phi) is 3.88. The third-order valence-corrected chi connectivity index (χ3v) is 4.03. The predicted molar refractivity (Wildman–Crippen MR) is 61.3 cm³/mol. The van der Waals surface area contributed by atoms with Crippen LogP contribution in [0.4, 0.5) is 0 Å². The molecule has 1 aromatic rings. The van der Waals surface area contributed by atoms with E-state index in [1.54, 1.807) is 32.3 Å². The molecule has 0 amide bonds. The molecule has 4 heteroatoms. The summed E-state index contributed by atoms with van der Waals surface area (Å²) in [6.07, 6.45) is 1.93. The summed E-state index contributed by atoms with van der Waals surface area (Å²) < 4.78 is 24.9. The first-order valence-corrected chi connectivity index (χ1v) is 6.44. The lowest BCUT2D eigenvalue weighted by Gasteiger charge is -2.11. The van der Waals surface area contributed by atoms with E-state index in [-0.39, 0.29) is 0 Å². The van der Waals surface area contributed by atoms with E-state index in [1.807, 2.05) is 6.07 Å². The van der Waals surface area contributed by atoms with Crippen molar-refractivity contribution in [3.8, 4) is 0 Å². The summed E-state index contributed by atoms with van der Waals surface area (Å²) in [5, 5.41) is 0. The minimum atomic E-state index is -3.28. The molecule has 0 heterocycles. The topological polar surface area (TPSA) is 37.4 Å². The lowest BCUT2D eigenvalue weighted by atomic mass is 10.1. The van der Waals surface area contributed by atoms with E-state index in [0.29, 0.717) is 4.90 Å².